The molecule has 0 radical (unpaired) electrons. The van der Waals surface area contributed by atoms with Crippen LogP contribution in [0.3, 0.4) is 0 Å². The number of likely N-dealkylation sites (tertiary alicyclic amines) is 1. The van der Waals surface area contributed by atoms with Gasteiger partial charge in [-0.3, -0.25) is 14.3 Å². The Labute approximate surface area is 188 Å². The van der Waals surface area contributed by atoms with Gasteiger partial charge in [-0.15, -0.1) is 10.2 Å². The van der Waals surface area contributed by atoms with Gasteiger partial charge in [-0.05, 0) is 66.1 Å². The van der Waals surface area contributed by atoms with Gasteiger partial charge in [0.25, 0.3) is 0 Å². The third kappa shape index (κ3) is 5.47. The summed E-state index contributed by atoms with van der Waals surface area (Å²) in [5.74, 6) is 1.53. The summed E-state index contributed by atoms with van der Waals surface area (Å²) in [6, 6.07) is 13.7. The van der Waals surface area contributed by atoms with Crippen molar-refractivity contribution in [2.24, 2.45) is 0 Å². The van der Waals surface area contributed by atoms with E-state index >= 15 is 0 Å². The first kappa shape index (κ1) is 21.0. The number of para-hydroxylation sites is 1. The quantitative estimate of drug-likeness (QED) is 0.505. The molecule has 0 saturated carbocycles. The molecular formula is C21H23BrN6OS. The Balaban J connectivity index is 1.47. The van der Waals surface area contributed by atoms with Crippen LogP contribution in [-0.4, -0.2) is 49.4 Å². The molecular weight excluding hydrogens is 464 g/mol. The average Bonchev–Trinajstić information content (AvgIpc) is 3.17. The fourth-order valence-electron chi connectivity index (χ4n) is 3.41. The number of amides is 1. The molecule has 0 aliphatic carbocycles. The van der Waals surface area contributed by atoms with Crippen LogP contribution >= 0.6 is 27.7 Å². The summed E-state index contributed by atoms with van der Waals surface area (Å²) in [6.07, 6.45) is 5.41. The van der Waals surface area contributed by atoms with Gasteiger partial charge < -0.3 is 5.32 Å². The Hall–Kier alpha value is -2.23. The zero-order valence-electron chi connectivity index (χ0n) is 16.5. The number of nitrogens with zero attached hydrogens (tertiary/aromatic N) is 5. The summed E-state index contributed by atoms with van der Waals surface area (Å²) in [5, 5.41) is 12.4. The Morgan fingerprint density at radius 1 is 1.07 bits per heavy atom. The molecule has 1 saturated heterocycles. The van der Waals surface area contributed by atoms with Crippen LogP contribution < -0.4 is 5.32 Å². The second-order valence-corrected chi connectivity index (χ2v) is 8.96. The van der Waals surface area contributed by atoms with Crippen molar-refractivity contribution < 1.29 is 4.79 Å². The predicted octanol–water partition coefficient (Wildman–Crippen LogP) is 4.14. The molecule has 7 nitrogen and oxygen atoms in total. The van der Waals surface area contributed by atoms with E-state index in [9.17, 15) is 4.79 Å². The summed E-state index contributed by atoms with van der Waals surface area (Å²) in [4.78, 5) is 19.0. The number of anilines is 1. The number of hydrogen-bond donors (Lipinski definition) is 1. The SMILES string of the molecule is O=C(CSc1nnc(CN2CCCCC2)n1-c1ccccc1)Nc1ccc(Br)cn1. The first-order valence-electron chi connectivity index (χ1n) is 9.95. The number of nitrogens with one attached hydrogen (secondary N) is 1. The van der Waals surface area contributed by atoms with E-state index in [-0.39, 0.29) is 11.7 Å². The number of benzene rings is 1. The van der Waals surface area contributed by atoms with Crippen LogP contribution in [0.2, 0.25) is 0 Å². The number of thioether (sulfide) groups is 1. The van der Waals surface area contributed by atoms with Crippen LogP contribution in [0.25, 0.3) is 5.69 Å². The van der Waals surface area contributed by atoms with E-state index in [0.29, 0.717) is 11.0 Å². The van der Waals surface area contributed by atoms with Gasteiger partial charge in [0, 0.05) is 16.4 Å². The number of halogens is 1. The Morgan fingerprint density at radius 2 is 1.87 bits per heavy atom. The van der Waals surface area contributed by atoms with Gasteiger partial charge in [0.2, 0.25) is 5.91 Å². The first-order valence-corrected chi connectivity index (χ1v) is 11.7. The van der Waals surface area contributed by atoms with E-state index in [1.54, 1.807) is 12.3 Å². The zero-order chi connectivity index (χ0) is 20.8. The summed E-state index contributed by atoms with van der Waals surface area (Å²) in [7, 11) is 0. The smallest absolute Gasteiger partial charge is 0.236 e. The topological polar surface area (TPSA) is 75.9 Å². The average molecular weight is 487 g/mol. The number of hydrogen-bond acceptors (Lipinski definition) is 6. The number of pyridine rings is 1. The normalized spacial score (nSPS) is 14.6. The van der Waals surface area contributed by atoms with Crippen molar-refractivity contribution in [3.05, 3.63) is 59.0 Å². The lowest BCUT2D eigenvalue weighted by Crippen LogP contribution is -2.30. The molecule has 4 rings (SSSR count). The van der Waals surface area contributed by atoms with E-state index in [4.69, 9.17) is 0 Å². The highest BCUT2D eigenvalue weighted by molar-refractivity contribution is 9.10. The molecule has 3 heterocycles. The highest BCUT2D eigenvalue weighted by Crippen LogP contribution is 2.24. The number of rotatable bonds is 7. The maximum atomic E-state index is 12.4. The van der Waals surface area contributed by atoms with Gasteiger partial charge >= 0.3 is 0 Å². The molecule has 0 unspecified atom stereocenters. The van der Waals surface area contributed by atoms with E-state index in [2.05, 4.69) is 45.9 Å². The third-order valence-corrected chi connectivity index (χ3v) is 6.25. The largest absolute Gasteiger partial charge is 0.310 e. The van der Waals surface area contributed by atoms with Crippen molar-refractivity contribution in [3.8, 4) is 5.69 Å². The molecule has 1 amide bonds. The van der Waals surface area contributed by atoms with Gasteiger partial charge in [-0.2, -0.15) is 0 Å². The summed E-state index contributed by atoms with van der Waals surface area (Å²) in [5.41, 5.74) is 1.01. The Bertz CT molecular complexity index is 973. The Kier molecular flexibility index (Phi) is 7.14. The van der Waals surface area contributed by atoms with Crippen LogP contribution in [0.1, 0.15) is 25.1 Å². The minimum atomic E-state index is -0.130. The minimum Gasteiger partial charge on any atom is -0.310 e. The standard InChI is InChI=1S/C21H23BrN6OS/c22-16-9-10-18(23-13-16)24-20(29)15-30-21-26-25-19(14-27-11-5-2-6-12-27)28(21)17-7-3-1-4-8-17/h1,3-4,7-10,13H,2,5-6,11-12,14-15H2,(H,23,24,29). The number of aromatic nitrogens is 4. The summed E-state index contributed by atoms with van der Waals surface area (Å²) >= 11 is 4.72. The fraction of sp³-hybridized carbons (Fsp3) is 0.333. The van der Waals surface area contributed by atoms with Crippen molar-refractivity contribution in [3.63, 3.8) is 0 Å². The predicted molar refractivity (Wildman–Crippen MR) is 122 cm³/mol. The summed E-state index contributed by atoms with van der Waals surface area (Å²) < 4.78 is 2.93. The second-order valence-electron chi connectivity index (χ2n) is 7.11. The lowest BCUT2D eigenvalue weighted by molar-refractivity contribution is -0.113. The van der Waals surface area contributed by atoms with Crippen molar-refractivity contribution >= 4 is 39.4 Å². The first-order chi connectivity index (χ1) is 14.7. The van der Waals surface area contributed by atoms with Crippen LogP contribution in [0.5, 0.6) is 0 Å². The molecule has 3 aromatic rings. The monoisotopic (exact) mass is 486 g/mol. The third-order valence-electron chi connectivity index (χ3n) is 4.86. The van der Waals surface area contributed by atoms with Crippen molar-refractivity contribution in [2.75, 3.05) is 24.2 Å². The molecule has 1 aliphatic rings. The number of carbonyl (C=O) groups is 1. The number of carbonyl (C=O) groups excluding carboxylic acids is 1. The fourth-order valence-corrected chi connectivity index (χ4v) is 4.41. The Morgan fingerprint density at radius 3 is 2.60 bits per heavy atom. The van der Waals surface area contributed by atoms with Gasteiger partial charge in [0.15, 0.2) is 11.0 Å². The molecule has 156 valence electrons. The second kappa shape index (κ2) is 10.2. The lowest BCUT2D eigenvalue weighted by Gasteiger charge is -2.26. The van der Waals surface area contributed by atoms with Crippen LogP contribution in [0.15, 0.2) is 58.3 Å². The van der Waals surface area contributed by atoms with Crippen molar-refractivity contribution in [1.29, 1.82) is 0 Å². The van der Waals surface area contributed by atoms with Crippen LogP contribution in [0.4, 0.5) is 5.82 Å². The molecule has 1 aliphatic heterocycles. The lowest BCUT2D eigenvalue weighted by atomic mass is 10.1. The molecule has 1 fully saturated rings. The molecule has 1 aromatic carbocycles. The van der Waals surface area contributed by atoms with Crippen molar-refractivity contribution in [2.45, 2.75) is 31.0 Å². The van der Waals surface area contributed by atoms with E-state index in [1.807, 2.05) is 36.4 Å². The molecule has 0 atom stereocenters. The molecule has 0 bridgehead atoms. The molecule has 9 heteroatoms. The zero-order valence-corrected chi connectivity index (χ0v) is 18.9. The van der Waals surface area contributed by atoms with Gasteiger partial charge in [0.05, 0.1) is 12.3 Å². The number of piperidine rings is 1. The van der Waals surface area contributed by atoms with E-state index in [1.165, 1.54) is 31.0 Å². The summed E-state index contributed by atoms with van der Waals surface area (Å²) in [6.45, 7) is 2.94. The maximum absolute atomic E-state index is 12.4. The molecule has 0 spiro atoms. The maximum Gasteiger partial charge on any atom is 0.236 e. The highest BCUT2D eigenvalue weighted by Gasteiger charge is 2.19. The van der Waals surface area contributed by atoms with E-state index < -0.39 is 0 Å². The highest BCUT2D eigenvalue weighted by atomic mass is 79.9. The van der Waals surface area contributed by atoms with E-state index in [0.717, 1.165) is 35.6 Å². The molecule has 2 aromatic heterocycles. The molecule has 30 heavy (non-hydrogen) atoms. The van der Waals surface area contributed by atoms with Crippen LogP contribution in [0, 0.1) is 0 Å². The van der Waals surface area contributed by atoms with Gasteiger partial charge in [0.1, 0.15) is 5.82 Å². The van der Waals surface area contributed by atoms with Gasteiger partial charge in [-0.1, -0.05) is 36.4 Å². The van der Waals surface area contributed by atoms with Crippen LogP contribution in [-0.2, 0) is 11.3 Å². The minimum absolute atomic E-state index is 0.130. The van der Waals surface area contributed by atoms with Gasteiger partial charge in [-0.25, -0.2) is 4.98 Å². The van der Waals surface area contributed by atoms with Crippen molar-refractivity contribution in [1.82, 2.24) is 24.6 Å². The molecule has 1 N–H and O–H groups in total.